The van der Waals surface area contributed by atoms with E-state index in [0.717, 1.165) is 37.4 Å². The zero-order valence-electron chi connectivity index (χ0n) is 11.8. The summed E-state index contributed by atoms with van der Waals surface area (Å²) in [5, 5.41) is 4.86. The van der Waals surface area contributed by atoms with E-state index in [0.29, 0.717) is 6.61 Å². The Morgan fingerprint density at radius 1 is 1.29 bits per heavy atom. The van der Waals surface area contributed by atoms with Crippen LogP contribution in [0.25, 0.3) is 10.2 Å². The van der Waals surface area contributed by atoms with Gasteiger partial charge in [0.25, 0.3) is 0 Å². The minimum atomic E-state index is 0.606. The lowest BCUT2D eigenvalue weighted by atomic mass is 10.2. The fraction of sp³-hybridized carbons (Fsp3) is 0.188. The molecule has 0 aliphatic carbocycles. The van der Waals surface area contributed by atoms with Crippen molar-refractivity contribution >= 4 is 44.0 Å². The minimum absolute atomic E-state index is 0.606. The Balaban J connectivity index is 2.06. The van der Waals surface area contributed by atoms with E-state index in [1.165, 1.54) is 11.3 Å². The van der Waals surface area contributed by atoms with Crippen LogP contribution in [0.3, 0.4) is 0 Å². The van der Waals surface area contributed by atoms with Gasteiger partial charge >= 0.3 is 0 Å². The van der Waals surface area contributed by atoms with Crippen molar-refractivity contribution in [3.8, 4) is 5.75 Å². The van der Waals surface area contributed by atoms with Gasteiger partial charge in [-0.05, 0) is 37.6 Å². The van der Waals surface area contributed by atoms with Crippen molar-refractivity contribution in [3.05, 3.63) is 47.0 Å². The number of nitrogens with one attached hydrogen (secondary N) is 1. The van der Waals surface area contributed by atoms with E-state index < -0.39 is 0 Å². The number of para-hydroxylation sites is 1. The smallest absolute Gasteiger partial charge is 0.188 e. The lowest BCUT2D eigenvalue weighted by molar-refractivity contribution is 0.343. The molecular formula is C16H15ClN2OS. The molecule has 0 spiro atoms. The maximum absolute atomic E-state index is 6.40. The van der Waals surface area contributed by atoms with E-state index in [1.807, 2.05) is 50.2 Å². The number of halogens is 1. The fourth-order valence-corrected chi connectivity index (χ4v) is 3.36. The number of benzene rings is 2. The van der Waals surface area contributed by atoms with Crippen molar-refractivity contribution in [3.63, 3.8) is 0 Å². The van der Waals surface area contributed by atoms with Gasteiger partial charge in [-0.3, -0.25) is 0 Å². The number of aromatic nitrogens is 1. The van der Waals surface area contributed by atoms with Gasteiger partial charge in [0.2, 0.25) is 0 Å². The van der Waals surface area contributed by atoms with Gasteiger partial charge in [0.1, 0.15) is 11.3 Å². The summed E-state index contributed by atoms with van der Waals surface area (Å²) >= 11 is 7.94. The Morgan fingerprint density at radius 3 is 2.76 bits per heavy atom. The lowest BCUT2D eigenvalue weighted by Gasteiger charge is -2.06. The number of rotatable bonds is 4. The molecule has 2 aromatic carbocycles. The highest BCUT2D eigenvalue weighted by Gasteiger charge is 2.15. The van der Waals surface area contributed by atoms with Gasteiger partial charge in [-0.2, -0.15) is 0 Å². The Morgan fingerprint density at radius 2 is 2.05 bits per heavy atom. The van der Waals surface area contributed by atoms with Crippen LogP contribution in [0.2, 0.25) is 5.02 Å². The predicted molar refractivity (Wildman–Crippen MR) is 90.3 cm³/mol. The van der Waals surface area contributed by atoms with E-state index in [-0.39, 0.29) is 0 Å². The van der Waals surface area contributed by atoms with Crippen LogP contribution in [0.5, 0.6) is 5.75 Å². The third kappa shape index (κ3) is 2.82. The third-order valence-electron chi connectivity index (χ3n) is 3.08. The predicted octanol–water partition coefficient (Wildman–Crippen LogP) is 5.40. The van der Waals surface area contributed by atoms with Gasteiger partial charge in [-0.25, -0.2) is 4.98 Å². The second-order valence-corrected chi connectivity index (χ2v) is 6.00. The number of fused-ring (bicyclic) bond motifs is 1. The minimum Gasteiger partial charge on any atom is -0.492 e. The Kier molecular flexibility index (Phi) is 3.99. The van der Waals surface area contributed by atoms with Crippen LogP contribution in [0.1, 0.15) is 12.5 Å². The standard InChI is InChI=1S/C16H15ClN2OS/c1-3-20-12-9-10(2)13(17)15-14(12)19-16(21-15)18-11-7-5-4-6-8-11/h4-9H,3H2,1-2H3,(H,18,19). The second-order valence-electron chi connectivity index (χ2n) is 4.63. The van der Waals surface area contributed by atoms with Crippen LogP contribution in [-0.4, -0.2) is 11.6 Å². The zero-order chi connectivity index (χ0) is 14.8. The highest BCUT2D eigenvalue weighted by molar-refractivity contribution is 7.23. The van der Waals surface area contributed by atoms with Crippen LogP contribution >= 0.6 is 22.9 Å². The molecule has 5 heteroatoms. The summed E-state index contributed by atoms with van der Waals surface area (Å²) in [5.41, 5.74) is 2.82. The highest BCUT2D eigenvalue weighted by atomic mass is 35.5. The van der Waals surface area contributed by atoms with E-state index in [2.05, 4.69) is 10.3 Å². The van der Waals surface area contributed by atoms with Crippen LogP contribution in [0, 0.1) is 6.92 Å². The van der Waals surface area contributed by atoms with E-state index in [9.17, 15) is 0 Å². The maximum atomic E-state index is 6.40. The molecule has 0 unspecified atom stereocenters. The fourth-order valence-electron chi connectivity index (χ4n) is 2.11. The quantitative estimate of drug-likeness (QED) is 0.699. The number of hydrogen-bond donors (Lipinski definition) is 1. The van der Waals surface area contributed by atoms with Gasteiger partial charge in [0.15, 0.2) is 5.13 Å². The van der Waals surface area contributed by atoms with Gasteiger partial charge in [-0.1, -0.05) is 41.1 Å². The molecule has 0 amide bonds. The number of nitrogens with zero attached hydrogens (tertiary/aromatic N) is 1. The van der Waals surface area contributed by atoms with Crippen molar-refractivity contribution < 1.29 is 4.74 Å². The van der Waals surface area contributed by atoms with Gasteiger partial charge in [-0.15, -0.1) is 0 Å². The molecule has 0 atom stereocenters. The Labute approximate surface area is 132 Å². The number of aryl methyl sites for hydroxylation is 1. The number of thiazole rings is 1. The first-order valence-electron chi connectivity index (χ1n) is 6.73. The molecule has 3 rings (SSSR count). The van der Waals surface area contributed by atoms with Crippen LogP contribution in [0.4, 0.5) is 10.8 Å². The van der Waals surface area contributed by atoms with Crippen molar-refractivity contribution in [2.45, 2.75) is 13.8 Å². The summed E-state index contributed by atoms with van der Waals surface area (Å²) in [7, 11) is 0. The van der Waals surface area contributed by atoms with Crippen molar-refractivity contribution in [1.82, 2.24) is 4.98 Å². The summed E-state index contributed by atoms with van der Waals surface area (Å²) in [6.45, 7) is 4.55. The van der Waals surface area contributed by atoms with Crippen LogP contribution in [0.15, 0.2) is 36.4 Å². The first-order chi connectivity index (χ1) is 10.2. The number of hydrogen-bond acceptors (Lipinski definition) is 4. The van der Waals surface area contributed by atoms with Gasteiger partial charge in [0.05, 0.1) is 16.3 Å². The third-order valence-corrected chi connectivity index (χ3v) is 4.67. The Bertz CT molecular complexity index is 771. The average Bonchev–Trinajstić information content (AvgIpc) is 2.90. The molecule has 1 aromatic heterocycles. The zero-order valence-corrected chi connectivity index (χ0v) is 13.4. The molecule has 1 heterocycles. The summed E-state index contributed by atoms with van der Waals surface area (Å²) < 4.78 is 6.63. The molecule has 1 N–H and O–H groups in total. The summed E-state index contributed by atoms with van der Waals surface area (Å²) in [6.07, 6.45) is 0. The molecule has 0 saturated carbocycles. The SMILES string of the molecule is CCOc1cc(C)c(Cl)c2sc(Nc3ccccc3)nc12. The summed E-state index contributed by atoms with van der Waals surface area (Å²) in [4.78, 5) is 4.63. The molecule has 0 radical (unpaired) electrons. The van der Waals surface area contributed by atoms with Gasteiger partial charge in [0, 0.05) is 5.69 Å². The van der Waals surface area contributed by atoms with Crippen LogP contribution in [-0.2, 0) is 0 Å². The average molecular weight is 319 g/mol. The molecule has 21 heavy (non-hydrogen) atoms. The molecular weight excluding hydrogens is 304 g/mol. The molecule has 3 nitrogen and oxygen atoms in total. The van der Waals surface area contributed by atoms with Crippen molar-refractivity contribution in [1.29, 1.82) is 0 Å². The van der Waals surface area contributed by atoms with E-state index in [1.54, 1.807) is 0 Å². The topological polar surface area (TPSA) is 34.1 Å². The largest absolute Gasteiger partial charge is 0.492 e. The molecule has 3 aromatic rings. The number of ether oxygens (including phenoxy) is 1. The van der Waals surface area contributed by atoms with Crippen molar-refractivity contribution in [2.75, 3.05) is 11.9 Å². The first kappa shape index (κ1) is 14.2. The van der Waals surface area contributed by atoms with E-state index >= 15 is 0 Å². The molecule has 0 saturated heterocycles. The normalized spacial score (nSPS) is 10.8. The molecule has 0 aliphatic heterocycles. The van der Waals surface area contributed by atoms with E-state index in [4.69, 9.17) is 16.3 Å². The molecule has 108 valence electrons. The van der Waals surface area contributed by atoms with Crippen LogP contribution < -0.4 is 10.1 Å². The summed E-state index contributed by atoms with van der Waals surface area (Å²) in [6, 6.07) is 11.9. The summed E-state index contributed by atoms with van der Waals surface area (Å²) in [5.74, 6) is 0.784. The first-order valence-corrected chi connectivity index (χ1v) is 7.93. The maximum Gasteiger partial charge on any atom is 0.188 e. The van der Waals surface area contributed by atoms with Gasteiger partial charge < -0.3 is 10.1 Å². The monoisotopic (exact) mass is 318 g/mol. The second kappa shape index (κ2) is 5.92. The lowest BCUT2D eigenvalue weighted by Crippen LogP contribution is -1.94. The molecule has 0 aliphatic rings. The molecule has 0 fully saturated rings. The molecule has 0 bridgehead atoms. The number of anilines is 2. The highest BCUT2D eigenvalue weighted by Crippen LogP contribution is 2.40. The van der Waals surface area contributed by atoms with Crippen molar-refractivity contribution in [2.24, 2.45) is 0 Å². The Hall–Kier alpha value is -1.78.